The molecule has 0 saturated heterocycles. The Kier molecular flexibility index (Phi) is 7.42. The highest BCUT2D eigenvalue weighted by molar-refractivity contribution is 5.97. The lowest BCUT2D eigenvalue weighted by Crippen LogP contribution is -2.46. The second-order valence-electron chi connectivity index (χ2n) is 7.10. The average molecular weight is 333 g/mol. The number of anilines is 1. The van der Waals surface area contributed by atoms with Crippen LogP contribution in [0.4, 0.5) is 5.69 Å². The molecule has 134 valence electrons. The quantitative estimate of drug-likeness (QED) is 0.806. The average Bonchev–Trinajstić information content (AvgIpc) is 2.51. The minimum absolute atomic E-state index is 0.138. The van der Waals surface area contributed by atoms with Gasteiger partial charge < -0.3 is 10.6 Å². The monoisotopic (exact) mass is 333 g/mol. The molecule has 0 aromatic heterocycles. The molecule has 2 N–H and O–H groups in total. The molecule has 0 bridgehead atoms. The zero-order chi connectivity index (χ0) is 18.3. The lowest BCUT2D eigenvalue weighted by molar-refractivity contribution is -0.131. The molecule has 1 aromatic carbocycles. The van der Waals surface area contributed by atoms with Gasteiger partial charge in [0.15, 0.2) is 0 Å². The zero-order valence-corrected chi connectivity index (χ0v) is 15.8. The summed E-state index contributed by atoms with van der Waals surface area (Å²) >= 11 is 0. The van der Waals surface area contributed by atoms with E-state index in [1.807, 2.05) is 39.0 Å². The second-order valence-corrected chi connectivity index (χ2v) is 7.10. The number of amides is 2. The fourth-order valence-corrected chi connectivity index (χ4v) is 2.18. The van der Waals surface area contributed by atoms with Crippen LogP contribution in [0.25, 0.3) is 0 Å². The Hall–Kier alpha value is -1.88. The van der Waals surface area contributed by atoms with Crippen molar-refractivity contribution in [2.24, 2.45) is 5.41 Å². The third-order valence-corrected chi connectivity index (χ3v) is 3.92. The predicted molar refractivity (Wildman–Crippen MR) is 98.8 cm³/mol. The van der Waals surface area contributed by atoms with Crippen molar-refractivity contribution < 1.29 is 9.59 Å². The van der Waals surface area contributed by atoms with E-state index in [-0.39, 0.29) is 11.8 Å². The normalized spacial score (nSPS) is 12.8. The van der Waals surface area contributed by atoms with E-state index >= 15 is 0 Å². The number of carbonyl (C=O) groups is 2. The molecule has 5 nitrogen and oxygen atoms in total. The van der Waals surface area contributed by atoms with Gasteiger partial charge in [-0.25, -0.2) is 0 Å². The molecule has 1 atom stereocenters. The number of benzene rings is 1. The fraction of sp³-hybridized carbons (Fsp3) is 0.579. The topological polar surface area (TPSA) is 61.4 Å². The summed E-state index contributed by atoms with van der Waals surface area (Å²) in [6, 6.07) is 7.25. The molecule has 5 heteroatoms. The van der Waals surface area contributed by atoms with E-state index in [9.17, 15) is 9.59 Å². The van der Waals surface area contributed by atoms with Gasteiger partial charge in [0.1, 0.15) is 6.04 Å². The van der Waals surface area contributed by atoms with Gasteiger partial charge in [0.05, 0.1) is 0 Å². The van der Waals surface area contributed by atoms with Crippen molar-refractivity contribution >= 4 is 17.5 Å². The molecular weight excluding hydrogens is 302 g/mol. The van der Waals surface area contributed by atoms with Crippen LogP contribution in [0, 0.1) is 5.41 Å². The van der Waals surface area contributed by atoms with Crippen molar-refractivity contribution in [3.63, 3.8) is 0 Å². The van der Waals surface area contributed by atoms with Crippen LogP contribution in [0.3, 0.4) is 0 Å². The first-order valence-corrected chi connectivity index (χ1v) is 8.60. The van der Waals surface area contributed by atoms with E-state index in [1.54, 1.807) is 6.92 Å². The van der Waals surface area contributed by atoms with Crippen molar-refractivity contribution in [3.05, 3.63) is 29.8 Å². The van der Waals surface area contributed by atoms with Crippen LogP contribution >= 0.6 is 0 Å². The molecule has 0 aliphatic carbocycles. The summed E-state index contributed by atoms with van der Waals surface area (Å²) in [5.41, 5.74) is 1.39. The first kappa shape index (κ1) is 20.2. The van der Waals surface area contributed by atoms with E-state index in [0.29, 0.717) is 0 Å². The van der Waals surface area contributed by atoms with E-state index in [1.165, 1.54) is 0 Å². The summed E-state index contributed by atoms with van der Waals surface area (Å²) in [4.78, 5) is 26.6. The summed E-state index contributed by atoms with van der Waals surface area (Å²) in [7, 11) is 0. The molecule has 0 aliphatic rings. The van der Waals surface area contributed by atoms with E-state index in [0.717, 1.165) is 30.9 Å². The smallest absolute Gasteiger partial charge is 0.246 e. The summed E-state index contributed by atoms with van der Waals surface area (Å²) in [6.45, 7) is 14.3. The second kappa shape index (κ2) is 8.83. The van der Waals surface area contributed by atoms with Gasteiger partial charge >= 0.3 is 0 Å². The standard InChI is InChI=1S/C19H31N3O2/c1-7-22(8-2)13-15-10-9-11-16(12-15)21-17(23)14(3)20-18(24)19(4,5)6/h9-12,14H,7-8,13H2,1-6H3,(H,20,24)(H,21,23)/t14-/m1/s1. The van der Waals surface area contributed by atoms with Crippen LogP contribution in [0.2, 0.25) is 0 Å². The van der Waals surface area contributed by atoms with Crippen LogP contribution < -0.4 is 10.6 Å². The number of nitrogens with one attached hydrogen (secondary N) is 2. The number of hydrogen-bond acceptors (Lipinski definition) is 3. The molecule has 0 fully saturated rings. The molecule has 1 aromatic rings. The van der Waals surface area contributed by atoms with Gasteiger partial charge in [0, 0.05) is 17.6 Å². The molecule has 0 heterocycles. The van der Waals surface area contributed by atoms with E-state index in [2.05, 4.69) is 35.4 Å². The molecule has 24 heavy (non-hydrogen) atoms. The molecule has 0 aliphatic heterocycles. The highest BCUT2D eigenvalue weighted by Crippen LogP contribution is 2.15. The predicted octanol–water partition coefficient (Wildman–Crippen LogP) is 3.02. The van der Waals surface area contributed by atoms with Crippen LogP contribution in [0.5, 0.6) is 0 Å². The summed E-state index contributed by atoms with van der Waals surface area (Å²) in [5, 5.41) is 5.62. The van der Waals surface area contributed by atoms with Gasteiger partial charge in [-0.15, -0.1) is 0 Å². The Balaban J connectivity index is 2.68. The van der Waals surface area contributed by atoms with Crippen LogP contribution in [-0.2, 0) is 16.1 Å². The number of hydrogen-bond donors (Lipinski definition) is 2. The maximum atomic E-state index is 12.3. The first-order chi connectivity index (χ1) is 11.2. The highest BCUT2D eigenvalue weighted by Gasteiger charge is 2.25. The molecule has 0 unspecified atom stereocenters. The third kappa shape index (κ3) is 6.32. The minimum atomic E-state index is -0.580. The van der Waals surface area contributed by atoms with Gasteiger partial charge in [-0.1, -0.05) is 46.8 Å². The van der Waals surface area contributed by atoms with E-state index < -0.39 is 11.5 Å². The summed E-state index contributed by atoms with van der Waals surface area (Å²) in [6.07, 6.45) is 0. The van der Waals surface area contributed by atoms with Crippen LogP contribution in [-0.4, -0.2) is 35.8 Å². The molecule has 2 amide bonds. The third-order valence-electron chi connectivity index (χ3n) is 3.92. The van der Waals surface area contributed by atoms with Crippen LogP contribution in [0.15, 0.2) is 24.3 Å². The summed E-state index contributed by atoms with van der Waals surface area (Å²) < 4.78 is 0. The Morgan fingerprint density at radius 1 is 1.17 bits per heavy atom. The minimum Gasteiger partial charge on any atom is -0.344 e. The van der Waals surface area contributed by atoms with Gasteiger partial charge in [0.2, 0.25) is 11.8 Å². The first-order valence-electron chi connectivity index (χ1n) is 8.60. The fourth-order valence-electron chi connectivity index (χ4n) is 2.18. The van der Waals surface area contributed by atoms with Crippen molar-refractivity contribution in [2.75, 3.05) is 18.4 Å². The lowest BCUT2D eigenvalue weighted by Gasteiger charge is -2.22. The molecular formula is C19H31N3O2. The number of nitrogens with zero attached hydrogens (tertiary/aromatic N) is 1. The Morgan fingerprint density at radius 2 is 1.79 bits per heavy atom. The zero-order valence-electron chi connectivity index (χ0n) is 15.8. The molecule has 1 rings (SSSR count). The van der Waals surface area contributed by atoms with Gasteiger partial charge in [0.25, 0.3) is 0 Å². The number of rotatable bonds is 7. The number of carbonyl (C=O) groups excluding carboxylic acids is 2. The van der Waals surface area contributed by atoms with Crippen molar-refractivity contribution in [1.29, 1.82) is 0 Å². The Morgan fingerprint density at radius 3 is 2.33 bits per heavy atom. The van der Waals surface area contributed by atoms with Gasteiger partial charge in [-0.05, 0) is 37.7 Å². The highest BCUT2D eigenvalue weighted by atomic mass is 16.2. The van der Waals surface area contributed by atoms with Crippen LogP contribution in [0.1, 0.15) is 47.1 Å². The largest absolute Gasteiger partial charge is 0.344 e. The maximum Gasteiger partial charge on any atom is 0.246 e. The lowest BCUT2D eigenvalue weighted by atomic mass is 9.95. The van der Waals surface area contributed by atoms with Gasteiger partial charge in [-0.3, -0.25) is 14.5 Å². The van der Waals surface area contributed by atoms with Crippen molar-refractivity contribution in [2.45, 2.75) is 54.1 Å². The molecule has 0 spiro atoms. The van der Waals surface area contributed by atoms with Crippen molar-refractivity contribution in [3.8, 4) is 0 Å². The van der Waals surface area contributed by atoms with Crippen molar-refractivity contribution in [1.82, 2.24) is 10.2 Å². The maximum absolute atomic E-state index is 12.3. The summed E-state index contributed by atoms with van der Waals surface area (Å²) in [5.74, 6) is -0.354. The SMILES string of the molecule is CCN(CC)Cc1cccc(NC(=O)[C@@H](C)NC(=O)C(C)(C)C)c1. The molecule has 0 saturated carbocycles. The Labute approximate surface area is 145 Å². The Bertz CT molecular complexity index is 560. The van der Waals surface area contributed by atoms with E-state index in [4.69, 9.17) is 0 Å². The molecule has 0 radical (unpaired) electrons. The van der Waals surface area contributed by atoms with Gasteiger partial charge in [-0.2, -0.15) is 0 Å².